The van der Waals surface area contributed by atoms with Crippen molar-refractivity contribution in [2.75, 3.05) is 0 Å². The minimum atomic E-state index is 0.0325. The molecule has 4 aromatic heterocycles. The number of benzene rings is 2. The summed E-state index contributed by atoms with van der Waals surface area (Å²) in [5.74, 6) is 0. The number of thiophene rings is 1. The molecule has 0 radical (unpaired) electrons. The summed E-state index contributed by atoms with van der Waals surface area (Å²) in [7, 11) is 0. The van der Waals surface area contributed by atoms with Crippen LogP contribution >= 0.6 is 11.3 Å². The van der Waals surface area contributed by atoms with E-state index in [4.69, 9.17) is 9.40 Å². The minimum absolute atomic E-state index is 0.0325. The number of hydrogen-bond donors (Lipinski definition) is 0. The van der Waals surface area contributed by atoms with Crippen molar-refractivity contribution in [3.05, 3.63) is 85.0 Å². The van der Waals surface area contributed by atoms with Gasteiger partial charge in [0.15, 0.2) is 0 Å². The number of pyridine rings is 2. The summed E-state index contributed by atoms with van der Waals surface area (Å²) in [4.78, 5) is 10.4. The Kier molecular flexibility index (Phi) is 4.21. The van der Waals surface area contributed by atoms with Gasteiger partial charge in [-0.15, -0.1) is 11.3 Å². The van der Waals surface area contributed by atoms with Crippen molar-refractivity contribution < 1.29 is 4.42 Å². The Bertz CT molecular complexity index is 1620. The van der Waals surface area contributed by atoms with Crippen LogP contribution in [0.5, 0.6) is 0 Å². The molecule has 0 N–H and O–H groups in total. The van der Waals surface area contributed by atoms with Gasteiger partial charge in [0.25, 0.3) is 0 Å². The first-order valence-corrected chi connectivity index (χ1v) is 11.5. The van der Waals surface area contributed by atoms with Gasteiger partial charge in [-0.3, -0.25) is 9.97 Å². The van der Waals surface area contributed by atoms with E-state index in [9.17, 15) is 0 Å². The van der Waals surface area contributed by atoms with Gasteiger partial charge in [-0.2, -0.15) is 0 Å². The topological polar surface area (TPSA) is 38.9 Å². The van der Waals surface area contributed by atoms with Crippen LogP contribution in [-0.4, -0.2) is 9.97 Å². The fraction of sp³-hybridized carbons (Fsp3) is 0.143. The van der Waals surface area contributed by atoms with Crippen LogP contribution in [0.4, 0.5) is 0 Å². The fourth-order valence-electron chi connectivity index (χ4n) is 4.44. The molecule has 156 valence electrons. The molecule has 0 fully saturated rings. The Balaban J connectivity index is 1.60. The Morgan fingerprint density at radius 1 is 0.875 bits per heavy atom. The summed E-state index contributed by atoms with van der Waals surface area (Å²) in [6.07, 6.45) is 7.36. The van der Waals surface area contributed by atoms with Crippen LogP contribution in [0.3, 0.4) is 0 Å². The first-order chi connectivity index (χ1) is 15.5. The smallest absolute Gasteiger partial charge is 0.145 e. The molecule has 0 saturated heterocycles. The highest BCUT2D eigenvalue weighted by Crippen LogP contribution is 2.42. The molecular formula is C28H22N2OS. The second-order valence-electron chi connectivity index (χ2n) is 9.21. The molecule has 4 heterocycles. The van der Waals surface area contributed by atoms with E-state index in [0.717, 1.165) is 32.7 Å². The number of aromatic nitrogens is 2. The van der Waals surface area contributed by atoms with Gasteiger partial charge in [0.1, 0.15) is 5.58 Å². The molecule has 0 aliphatic carbocycles. The van der Waals surface area contributed by atoms with E-state index in [1.807, 2.05) is 24.7 Å². The molecule has 0 aliphatic rings. The molecule has 6 aromatic rings. The molecule has 2 aromatic carbocycles. The zero-order valence-electron chi connectivity index (χ0n) is 18.2. The molecule has 0 bridgehead atoms. The van der Waals surface area contributed by atoms with Gasteiger partial charge in [-0.05, 0) is 57.5 Å². The average molecular weight is 435 g/mol. The summed E-state index contributed by atoms with van der Waals surface area (Å²) in [5.41, 5.74) is 5.45. The number of fused-ring (bicyclic) bond motifs is 3. The molecule has 0 spiro atoms. The van der Waals surface area contributed by atoms with Crippen LogP contribution in [0.25, 0.3) is 53.5 Å². The van der Waals surface area contributed by atoms with Crippen molar-refractivity contribution in [2.45, 2.75) is 26.2 Å². The third-order valence-corrected chi connectivity index (χ3v) is 7.19. The molecule has 0 amide bonds. The van der Waals surface area contributed by atoms with Crippen LogP contribution in [0.1, 0.15) is 26.3 Å². The van der Waals surface area contributed by atoms with Gasteiger partial charge in [0.05, 0.1) is 22.2 Å². The second kappa shape index (κ2) is 7.01. The molecule has 0 atom stereocenters. The van der Waals surface area contributed by atoms with Gasteiger partial charge < -0.3 is 4.42 Å². The second-order valence-corrected chi connectivity index (χ2v) is 10.3. The summed E-state index contributed by atoms with van der Waals surface area (Å²) in [6.45, 7) is 6.81. The third kappa shape index (κ3) is 3.02. The first-order valence-electron chi connectivity index (χ1n) is 10.7. The fourth-order valence-corrected chi connectivity index (χ4v) is 5.61. The van der Waals surface area contributed by atoms with E-state index in [2.05, 4.69) is 74.3 Å². The number of furan rings is 1. The normalized spacial score (nSPS) is 12.2. The molecule has 0 saturated carbocycles. The Labute approximate surface area is 190 Å². The number of hydrogen-bond acceptors (Lipinski definition) is 4. The van der Waals surface area contributed by atoms with Gasteiger partial charge >= 0.3 is 0 Å². The van der Waals surface area contributed by atoms with Crippen LogP contribution in [-0.2, 0) is 5.41 Å². The van der Waals surface area contributed by atoms with Crippen LogP contribution < -0.4 is 0 Å². The van der Waals surface area contributed by atoms with Crippen LogP contribution in [0.15, 0.2) is 83.9 Å². The van der Waals surface area contributed by atoms with Crippen molar-refractivity contribution in [1.82, 2.24) is 9.97 Å². The summed E-state index contributed by atoms with van der Waals surface area (Å²) < 4.78 is 6.95. The van der Waals surface area contributed by atoms with Crippen molar-refractivity contribution in [1.29, 1.82) is 0 Å². The highest BCUT2D eigenvalue weighted by Gasteiger charge is 2.20. The Morgan fingerprint density at radius 2 is 1.75 bits per heavy atom. The lowest BCUT2D eigenvalue weighted by Crippen LogP contribution is -2.12. The van der Waals surface area contributed by atoms with E-state index in [1.165, 1.54) is 26.4 Å². The first kappa shape index (κ1) is 19.2. The lowest BCUT2D eigenvalue weighted by molar-refractivity contribution is 0.596. The van der Waals surface area contributed by atoms with Gasteiger partial charge in [0.2, 0.25) is 0 Å². The lowest BCUT2D eigenvalue weighted by atomic mass is 9.82. The largest absolute Gasteiger partial charge is 0.464 e. The van der Waals surface area contributed by atoms with Crippen molar-refractivity contribution in [3.8, 4) is 21.7 Å². The zero-order valence-corrected chi connectivity index (χ0v) is 19.0. The van der Waals surface area contributed by atoms with Crippen molar-refractivity contribution in [2.24, 2.45) is 0 Å². The van der Waals surface area contributed by atoms with Crippen LogP contribution in [0.2, 0.25) is 0 Å². The number of nitrogens with zero attached hydrogens (tertiary/aromatic N) is 2. The van der Waals surface area contributed by atoms with E-state index >= 15 is 0 Å². The predicted molar refractivity (Wildman–Crippen MR) is 134 cm³/mol. The van der Waals surface area contributed by atoms with E-state index in [0.29, 0.717) is 0 Å². The average Bonchev–Trinajstić information content (AvgIpc) is 3.44. The maximum Gasteiger partial charge on any atom is 0.145 e. The highest BCUT2D eigenvalue weighted by atomic mass is 32.1. The molecule has 32 heavy (non-hydrogen) atoms. The number of rotatable bonds is 2. The Morgan fingerprint density at radius 3 is 2.62 bits per heavy atom. The van der Waals surface area contributed by atoms with Crippen LogP contribution in [0, 0.1) is 0 Å². The maximum atomic E-state index is 5.77. The summed E-state index contributed by atoms with van der Waals surface area (Å²) in [6, 6.07) is 19.5. The zero-order chi connectivity index (χ0) is 21.9. The standard InChI is InChI=1S/C28H22N2OS/c1-28(2,3)23-13-20(12-17-6-4-5-7-21(17)23)25-27-18(8-10-30-25)14-24(32-27)22-16-29-15-19-9-11-31-26(19)22/h4-16H,1-3H3. The molecule has 4 heteroatoms. The minimum Gasteiger partial charge on any atom is -0.464 e. The molecule has 0 aliphatic heterocycles. The monoisotopic (exact) mass is 434 g/mol. The van der Waals surface area contributed by atoms with E-state index in [-0.39, 0.29) is 5.41 Å². The quantitative estimate of drug-likeness (QED) is 0.275. The third-order valence-electron chi connectivity index (χ3n) is 6.00. The van der Waals surface area contributed by atoms with Gasteiger partial charge in [0, 0.05) is 34.4 Å². The Hall–Kier alpha value is -3.50. The maximum absolute atomic E-state index is 5.77. The molecular weight excluding hydrogens is 412 g/mol. The SMILES string of the molecule is CC(C)(C)c1cc(-c2nccc3cc(-c4cncc5ccoc45)sc23)cc2ccccc12. The summed E-state index contributed by atoms with van der Waals surface area (Å²) >= 11 is 1.75. The van der Waals surface area contributed by atoms with Gasteiger partial charge in [-0.25, -0.2) is 0 Å². The predicted octanol–water partition coefficient (Wildman–Crippen LogP) is 8.22. The van der Waals surface area contributed by atoms with Gasteiger partial charge in [-0.1, -0.05) is 45.0 Å². The van der Waals surface area contributed by atoms with E-state index < -0.39 is 0 Å². The highest BCUT2D eigenvalue weighted by molar-refractivity contribution is 7.22. The van der Waals surface area contributed by atoms with E-state index in [1.54, 1.807) is 17.6 Å². The molecule has 6 rings (SSSR count). The summed E-state index contributed by atoms with van der Waals surface area (Å²) in [5, 5.41) is 4.75. The molecule has 3 nitrogen and oxygen atoms in total. The lowest BCUT2D eigenvalue weighted by Gasteiger charge is -2.22. The van der Waals surface area contributed by atoms with Crippen molar-refractivity contribution in [3.63, 3.8) is 0 Å². The van der Waals surface area contributed by atoms with Crippen molar-refractivity contribution >= 4 is 43.2 Å². The molecule has 0 unspecified atom stereocenters.